The first-order valence-electron chi connectivity index (χ1n) is 6.72. The van der Waals surface area contributed by atoms with Crippen LogP contribution in [0.1, 0.15) is 0 Å². The molecule has 4 heteroatoms. The Labute approximate surface area is 137 Å². The zero-order valence-corrected chi connectivity index (χ0v) is 13.2. The fourth-order valence-electron chi connectivity index (χ4n) is 1.92. The second-order valence-electron chi connectivity index (χ2n) is 4.60. The zero-order chi connectivity index (χ0) is 15.4. The van der Waals surface area contributed by atoms with Gasteiger partial charge in [0.05, 0.1) is 11.0 Å². The van der Waals surface area contributed by atoms with Crippen molar-refractivity contribution in [2.75, 3.05) is 0 Å². The fraction of sp³-hybridized carbons (Fsp3) is 0. The normalized spacial score (nSPS) is 14.5. The van der Waals surface area contributed by atoms with E-state index in [0.29, 0.717) is 9.81 Å². The van der Waals surface area contributed by atoms with Gasteiger partial charge in [0.15, 0.2) is 5.78 Å². The molecular weight excluding hydrogens is 312 g/mol. The lowest BCUT2D eigenvalue weighted by Gasteiger charge is -2.09. The Morgan fingerprint density at radius 3 is 1.73 bits per heavy atom. The van der Waals surface area contributed by atoms with Gasteiger partial charge in [-0.2, -0.15) is 0 Å². The van der Waals surface area contributed by atoms with Crippen molar-refractivity contribution in [2.24, 2.45) is 0 Å². The number of hydrogen-bond acceptors (Lipinski definition) is 3. The van der Waals surface area contributed by atoms with Crippen LogP contribution in [0.15, 0.2) is 92.4 Å². The van der Waals surface area contributed by atoms with Crippen molar-refractivity contribution in [3.63, 3.8) is 0 Å². The van der Waals surface area contributed by atoms with Gasteiger partial charge in [0.25, 0.3) is 0 Å². The molecular formula is C18H13O2S2+. The van der Waals surface area contributed by atoms with E-state index in [9.17, 15) is 9.59 Å². The van der Waals surface area contributed by atoms with Gasteiger partial charge in [-0.25, -0.2) is 0 Å². The average molecular weight is 325 g/mol. The van der Waals surface area contributed by atoms with E-state index in [-0.39, 0.29) is 11.6 Å². The SMILES string of the molecule is O=C1C=C(Sc2ccccc2)C(=[OH+])C=C1Sc1ccccc1. The summed E-state index contributed by atoms with van der Waals surface area (Å²) < 4.78 is 0. The largest absolute Gasteiger partial charge is 0.355 e. The second kappa shape index (κ2) is 6.81. The van der Waals surface area contributed by atoms with Crippen LogP contribution in [0.2, 0.25) is 0 Å². The molecule has 2 aromatic carbocycles. The van der Waals surface area contributed by atoms with E-state index in [1.807, 2.05) is 60.7 Å². The van der Waals surface area contributed by atoms with Gasteiger partial charge >= 0.3 is 5.78 Å². The van der Waals surface area contributed by atoms with Gasteiger partial charge in [0, 0.05) is 15.9 Å². The van der Waals surface area contributed by atoms with Crippen molar-refractivity contribution < 1.29 is 9.59 Å². The molecule has 1 aliphatic carbocycles. The van der Waals surface area contributed by atoms with Gasteiger partial charge < -0.3 is 0 Å². The molecule has 22 heavy (non-hydrogen) atoms. The van der Waals surface area contributed by atoms with Gasteiger partial charge in [-0.3, -0.25) is 9.59 Å². The van der Waals surface area contributed by atoms with Crippen LogP contribution in [0, 0.1) is 0 Å². The molecule has 0 bridgehead atoms. The van der Waals surface area contributed by atoms with Crippen molar-refractivity contribution in [1.82, 2.24) is 0 Å². The van der Waals surface area contributed by atoms with Crippen molar-refractivity contribution in [2.45, 2.75) is 9.79 Å². The maximum atomic E-state index is 12.2. The Morgan fingerprint density at radius 1 is 0.682 bits per heavy atom. The lowest BCUT2D eigenvalue weighted by molar-refractivity contribution is -0.110. The first-order chi connectivity index (χ1) is 10.7. The summed E-state index contributed by atoms with van der Waals surface area (Å²) >= 11 is 2.75. The minimum Gasteiger partial charge on any atom is -0.289 e. The van der Waals surface area contributed by atoms with Gasteiger partial charge in [0.2, 0.25) is 0 Å². The number of rotatable bonds is 4. The average Bonchev–Trinajstić information content (AvgIpc) is 2.54. The Morgan fingerprint density at radius 2 is 1.18 bits per heavy atom. The summed E-state index contributed by atoms with van der Waals surface area (Å²) in [6.07, 6.45) is 3.05. The molecule has 0 unspecified atom stereocenters. The van der Waals surface area contributed by atoms with E-state index in [0.717, 1.165) is 9.79 Å². The van der Waals surface area contributed by atoms with E-state index in [4.69, 9.17) is 0 Å². The first-order valence-corrected chi connectivity index (χ1v) is 8.35. The number of hydrogen-bond donors (Lipinski definition) is 0. The highest BCUT2D eigenvalue weighted by Gasteiger charge is 2.26. The summed E-state index contributed by atoms with van der Waals surface area (Å²) in [5.41, 5.74) is 0. The molecule has 0 heterocycles. The maximum absolute atomic E-state index is 12.2. The van der Waals surface area contributed by atoms with Crippen LogP contribution in [0.25, 0.3) is 0 Å². The molecule has 1 N–H and O–H groups in total. The molecule has 0 aliphatic heterocycles. The van der Waals surface area contributed by atoms with E-state index in [2.05, 4.69) is 0 Å². The van der Waals surface area contributed by atoms with E-state index < -0.39 is 0 Å². The van der Waals surface area contributed by atoms with Crippen LogP contribution in [0.5, 0.6) is 0 Å². The number of benzene rings is 2. The molecule has 2 nitrogen and oxygen atoms in total. The van der Waals surface area contributed by atoms with E-state index >= 15 is 0 Å². The molecule has 0 spiro atoms. The summed E-state index contributed by atoms with van der Waals surface area (Å²) in [6.45, 7) is 0. The molecule has 0 amide bonds. The number of carbonyl (C=O) groups excluding carboxylic acids is 2. The van der Waals surface area contributed by atoms with Crippen molar-refractivity contribution in [1.29, 1.82) is 0 Å². The molecule has 1 aliphatic rings. The predicted octanol–water partition coefficient (Wildman–Crippen LogP) is 4.47. The molecule has 3 rings (SSSR count). The molecule has 0 aromatic heterocycles. The standard InChI is InChI=1S/C18H12O2S2/c19-15-12-18(22-14-9-5-2-6-10-14)16(20)11-17(15)21-13-7-3-1-4-8-13/h1-12H/p+1. The Hall–Kier alpha value is -2.04. The molecule has 0 saturated carbocycles. The predicted molar refractivity (Wildman–Crippen MR) is 92.7 cm³/mol. The molecule has 0 radical (unpaired) electrons. The van der Waals surface area contributed by atoms with Gasteiger partial charge in [-0.05, 0) is 24.3 Å². The Bertz CT molecular complexity index is 695. The highest BCUT2D eigenvalue weighted by Crippen LogP contribution is 2.34. The summed E-state index contributed by atoms with van der Waals surface area (Å²) in [5.74, 6) is 0.0527. The highest BCUT2D eigenvalue weighted by molar-refractivity contribution is 8.05. The van der Waals surface area contributed by atoms with E-state index in [1.165, 1.54) is 29.6 Å². The number of carbonyl (C=O) groups is 1. The summed E-state index contributed by atoms with van der Waals surface area (Å²) in [7, 11) is 0. The van der Waals surface area contributed by atoms with Crippen LogP contribution in [0.3, 0.4) is 0 Å². The third-order valence-electron chi connectivity index (χ3n) is 2.97. The quantitative estimate of drug-likeness (QED) is 0.615. The molecule has 108 valence electrons. The first kappa shape index (κ1) is 14.9. The third-order valence-corrected chi connectivity index (χ3v) is 5.07. The maximum Gasteiger partial charge on any atom is 0.355 e. The van der Waals surface area contributed by atoms with Crippen LogP contribution in [-0.2, 0) is 4.79 Å². The van der Waals surface area contributed by atoms with Crippen LogP contribution in [-0.4, -0.2) is 16.4 Å². The fourth-order valence-corrected chi connectivity index (χ4v) is 3.68. The van der Waals surface area contributed by atoms with Crippen molar-refractivity contribution >= 4 is 35.1 Å². The molecule has 0 fully saturated rings. The summed E-state index contributed by atoms with van der Waals surface area (Å²) in [6, 6.07) is 19.3. The number of ketones is 2. The third kappa shape index (κ3) is 3.59. The van der Waals surface area contributed by atoms with Crippen LogP contribution < -0.4 is 0 Å². The topological polar surface area (TPSA) is 38.5 Å². The smallest absolute Gasteiger partial charge is 0.289 e. The van der Waals surface area contributed by atoms with E-state index in [1.54, 1.807) is 6.08 Å². The Kier molecular flexibility index (Phi) is 4.61. The number of thioether (sulfide) groups is 2. The minimum atomic E-state index is -0.0786. The summed E-state index contributed by atoms with van der Waals surface area (Å²) in [5, 5.41) is 0. The molecule has 2 aromatic rings. The zero-order valence-electron chi connectivity index (χ0n) is 11.6. The highest BCUT2D eigenvalue weighted by atomic mass is 32.2. The summed E-state index contributed by atoms with van der Waals surface area (Å²) in [4.78, 5) is 25.5. The van der Waals surface area contributed by atoms with Gasteiger partial charge in [0.1, 0.15) is 4.91 Å². The monoisotopic (exact) mass is 325 g/mol. The van der Waals surface area contributed by atoms with Gasteiger partial charge in [-0.15, -0.1) is 0 Å². The lowest BCUT2D eigenvalue weighted by atomic mass is 10.2. The lowest BCUT2D eigenvalue weighted by Crippen LogP contribution is -2.10. The van der Waals surface area contributed by atoms with Gasteiger partial charge in [-0.1, -0.05) is 59.9 Å². The van der Waals surface area contributed by atoms with Crippen LogP contribution in [0.4, 0.5) is 0 Å². The van der Waals surface area contributed by atoms with Crippen molar-refractivity contribution in [3.8, 4) is 0 Å². The molecule has 0 atom stereocenters. The number of allylic oxidation sites excluding steroid dienone is 4. The van der Waals surface area contributed by atoms with Crippen molar-refractivity contribution in [3.05, 3.63) is 82.6 Å². The second-order valence-corrected chi connectivity index (χ2v) is 6.83. The minimum absolute atomic E-state index is 0.0786. The Balaban J connectivity index is 1.75. The molecule has 0 saturated heterocycles. The van der Waals surface area contributed by atoms with Crippen LogP contribution >= 0.6 is 23.5 Å².